The van der Waals surface area contributed by atoms with E-state index in [2.05, 4.69) is 10.4 Å². The first-order valence-corrected chi connectivity index (χ1v) is 8.70. The number of H-pyrrole nitrogens is 1. The van der Waals surface area contributed by atoms with E-state index >= 15 is 0 Å². The van der Waals surface area contributed by atoms with Gasteiger partial charge < -0.3 is 14.8 Å². The van der Waals surface area contributed by atoms with E-state index in [9.17, 15) is 9.59 Å². The van der Waals surface area contributed by atoms with Gasteiger partial charge in [-0.25, -0.2) is 4.68 Å². The minimum atomic E-state index is -0.281. The van der Waals surface area contributed by atoms with Crippen molar-refractivity contribution < 1.29 is 14.3 Å². The summed E-state index contributed by atoms with van der Waals surface area (Å²) in [5.41, 5.74) is 3.27. The second kappa shape index (κ2) is 6.77. The average Bonchev–Trinajstić information content (AvgIpc) is 3.17. The smallest absolute Gasteiger partial charge is 0.278 e. The monoisotopic (exact) mass is 377 g/mol. The number of nitrogens with one attached hydrogen (secondary N) is 2. The molecule has 1 aliphatic rings. The molecule has 0 saturated heterocycles. The van der Waals surface area contributed by atoms with Gasteiger partial charge in [-0.2, -0.15) is 0 Å². The molecule has 1 aromatic heterocycles. The Morgan fingerprint density at radius 2 is 1.68 bits per heavy atom. The van der Waals surface area contributed by atoms with Gasteiger partial charge in [-0.3, -0.25) is 14.7 Å². The lowest BCUT2D eigenvalue weighted by Crippen LogP contribution is -2.16. The van der Waals surface area contributed by atoms with Crippen molar-refractivity contribution in [3.05, 3.63) is 69.6 Å². The number of anilines is 1. The van der Waals surface area contributed by atoms with E-state index in [1.165, 1.54) is 18.9 Å². The summed E-state index contributed by atoms with van der Waals surface area (Å²) in [7, 11) is 3.07. The molecule has 1 amide bonds. The van der Waals surface area contributed by atoms with E-state index in [0.717, 1.165) is 5.69 Å². The highest BCUT2D eigenvalue weighted by molar-refractivity contribution is 6.35. The van der Waals surface area contributed by atoms with Crippen molar-refractivity contribution in [3.8, 4) is 17.2 Å². The predicted octanol–water partition coefficient (Wildman–Crippen LogP) is 2.98. The zero-order valence-corrected chi connectivity index (χ0v) is 15.7. The third kappa shape index (κ3) is 2.77. The molecule has 28 heavy (non-hydrogen) atoms. The van der Waals surface area contributed by atoms with E-state index in [-0.39, 0.29) is 11.5 Å². The first-order chi connectivity index (χ1) is 13.5. The Kier molecular flexibility index (Phi) is 4.27. The van der Waals surface area contributed by atoms with Crippen molar-refractivity contribution in [2.75, 3.05) is 19.5 Å². The van der Waals surface area contributed by atoms with Gasteiger partial charge >= 0.3 is 0 Å². The van der Waals surface area contributed by atoms with Crippen LogP contribution in [0, 0.1) is 6.92 Å². The molecule has 7 nitrogen and oxygen atoms in total. The summed E-state index contributed by atoms with van der Waals surface area (Å²) in [5, 5.41) is 5.88. The average molecular weight is 377 g/mol. The maximum Gasteiger partial charge on any atom is 0.278 e. The number of aromatic amines is 1. The number of aryl methyl sites for hydroxylation is 1. The molecule has 0 radical (unpaired) electrons. The van der Waals surface area contributed by atoms with Crippen LogP contribution in [0.15, 0.2) is 47.3 Å². The van der Waals surface area contributed by atoms with Gasteiger partial charge in [0, 0.05) is 22.9 Å². The minimum absolute atomic E-state index is 0.224. The number of benzene rings is 2. The molecule has 0 unspecified atom stereocenters. The number of hydrogen-bond acceptors (Lipinski definition) is 4. The van der Waals surface area contributed by atoms with E-state index in [1.807, 2.05) is 30.3 Å². The Morgan fingerprint density at radius 1 is 1.00 bits per heavy atom. The van der Waals surface area contributed by atoms with Crippen molar-refractivity contribution in [2.45, 2.75) is 6.92 Å². The third-order valence-corrected chi connectivity index (χ3v) is 4.73. The number of rotatable bonds is 4. The zero-order chi connectivity index (χ0) is 19.8. The van der Waals surface area contributed by atoms with Crippen LogP contribution in [0.25, 0.3) is 17.3 Å². The standard InChI is InChI=1S/C21H19N3O4/c1-12-14(21(26)24(23-12)13-7-5-4-6-8-13)9-16-15-10-18(27-2)19(28-3)11-17(15)22-20(16)25/h4-11,23H,1-3H3,(H,22,25)/b16-9-. The van der Waals surface area contributed by atoms with Gasteiger partial charge in [-0.05, 0) is 31.2 Å². The summed E-state index contributed by atoms with van der Waals surface area (Å²) in [6, 6.07) is 12.7. The number of ether oxygens (including phenoxy) is 2. The molecule has 0 aliphatic carbocycles. The molecule has 3 aromatic rings. The number of para-hydroxylation sites is 1. The fourth-order valence-corrected chi connectivity index (χ4v) is 3.29. The fourth-order valence-electron chi connectivity index (χ4n) is 3.29. The van der Waals surface area contributed by atoms with Gasteiger partial charge in [0.15, 0.2) is 11.5 Å². The number of nitrogens with zero attached hydrogens (tertiary/aromatic N) is 1. The SMILES string of the molecule is COc1cc2c(cc1OC)/C(=C/c1c(C)[nH]n(-c3ccccc3)c1=O)C(=O)N2. The molecule has 0 bridgehead atoms. The van der Waals surface area contributed by atoms with Crippen LogP contribution in [0.4, 0.5) is 5.69 Å². The molecule has 2 N–H and O–H groups in total. The lowest BCUT2D eigenvalue weighted by molar-refractivity contribution is -0.110. The van der Waals surface area contributed by atoms with Crippen LogP contribution in [-0.4, -0.2) is 29.9 Å². The summed E-state index contributed by atoms with van der Waals surface area (Å²) in [5.74, 6) is 0.750. The minimum Gasteiger partial charge on any atom is -0.493 e. The van der Waals surface area contributed by atoms with Crippen molar-refractivity contribution >= 4 is 23.2 Å². The number of fused-ring (bicyclic) bond motifs is 1. The highest BCUT2D eigenvalue weighted by atomic mass is 16.5. The van der Waals surface area contributed by atoms with Gasteiger partial charge in [-0.1, -0.05) is 18.2 Å². The summed E-state index contributed by atoms with van der Waals surface area (Å²) >= 11 is 0. The molecule has 7 heteroatoms. The predicted molar refractivity (Wildman–Crippen MR) is 107 cm³/mol. The van der Waals surface area contributed by atoms with Crippen LogP contribution in [0.3, 0.4) is 0 Å². The summed E-state index contributed by atoms with van der Waals surface area (Å²) in [4.78, 5) is 25.5. The summed E-state index contributed by atoms with van der Waals surface area (Å²) in [6.45, 7) is 1.80. The number of aromatic nitrogens is 2. The van der Waals surface area contributed by atoms with Gasteiger partial charge in [-0.15, -0.1) is 0 Å². The fraction of sp³-hybridized carbons (Fsp3) is 0.143. The lowest BCUT2D eigenvalue weighted by Gasteiger charge is -2.09. The largest absolute Gasteiger partial charge is 0.493 e. The molecule has 1 aliphatic heterocycles. The van der Waals surface area contributed by atoms with Crippen LogP contribution in [0.2, 0.25) is 0 Å². The second-order valence-electron chi connectivity index (χ2n) is 6.39. The number of carbonyl (C=O) groups is 1. The molecule has 4 rings (SSSR count). The molecule has 2 aromatic carbocycles. The molecular formula is C21H19N3O4. The number of carbonyl (C=O) groups excluding carboxylic acids is 1. The van der Waals surface area contributed by atoms with Crippen LogP contribution >= 0.6 is 0 Å². The van der Waals surface area contributed by atoms with Gasteiger partial charge in [0.05, 0.1) is 31.2 Å². The Hall–Kier alpha value is -3.74. The maximum atomic E-state index is 12.9. The molecule has 142 valence electrons. The third-order valence-electron chi connectivity index (χ3n) is 4.73. The highest BCUT2D eigenvalue weighted by Crippen LogP contribution is 2.41. The Labute approximate surface area is 161 Å². The van der Waals surface area contributed by atoms with Crippen molar-refractivity contribution in [3.63, 3.8) is 0 Å². The molecular weight excluding hydrogens is 358 g/mol. The van der Waals surface area contributed by atoms with E-state index in [0.29, 0.717) is 39.6 Å². The Bertz CT molecular complexity index is 1160. The van der Waals surface area contributed by atoms with E-state index in [1.54, 1.807) is 25.1 Å². The van der Waals surface area contributed by atoms with Crippen LogP contribution in [0.5, 0.6) is 11.5 Å². The molecule has 0 fully saturated rings. The number of amides is 1. The normalized spacial score (nSPS) is 14.1. The van der Waals surface area contributed by atoms with Gasteiger partial charge in [0.1, 0.15) is 0 Å². The van der Waals surface area contributed by atoms with E-state index in [4.69, 9.17) is 9.47 Å². The Morgan fingerprint density at radius 3 is 2.36 bits per heavy atom. The van der Waals surface area contributed by atoms with Gasteiger partial charge in [0.25, 0.3) is 11.5 Å². The molecule has 2 heterocycles. The first kappa shape index (κ1) is 17.7. The molecule has 0 atom stereocenters. The van der Waals surface area contributed by atoms with Crippen molar-refractivity contribution in [1.29, 1.82) is 0 Å². The molecule has 0 saturated carbocycles. The lowest BCUT2D eigenvalue weighted by atomic mass is 10.0. The maximum absolute atomic E-state index is 12.9. The quantitative estimate of drug-likeness (QED) is 0.685. The van der Waals surface area contributed by atoms with Crippen LogP contribution in [0.1, 0.15) is 16.8 Å². The van der Waals surface area contributed by atoms with Crippen LogP contribution < -0.4 is 20.3 Å². The number of methoxy groups -OCH3 is 2. The summed E-state index contributed by atoms with van der Waals surface area (Å²) < 4.78 is 12.1. The first-order valence-electron chi connectivity index (χ1n) is 8.70. The van der Waals surface area contributed by atoms with E-state index < -0.39 is 0 Å². The van der Waals surface area contributed by atoms with Crippen LogP contribution in [-0.2, 0) is 4.79 Å². The zero-order valence-electron chi connectivity index (χ0n) is 15.7. The van der Waals surface area contributed by atoms with Crippen molar-refractivity contribution in [2.24, 2.45) is 0 Å². The highest BCUT2D eigenvalue weighted by Gasteiger charge is 2.27. The molecule has 0 spiro atoms. The Balaban J connectivity index is 1.85. The van der Waals surface area contributed by atoms with Crippen molar-refractivity contribution in [1.82, 2.24) is 9.78 Å². The topological polar surface area (TPSA) is 85.3 Å². The second-order valence-corrected chi connectivity index (χ2v) is 6.39. The number of hydrogen-bond donors (Lipinski definition) is 2. The van der Waals surface area contributed by atoms with Gasteiger partial charge in [0.2, 0.25) is 0 Å². The summed E-state index contributed by atoms with van der Waals surface area (Å²) in [6.07, 6.45) is 1.61.